The lowest BCUT2D eigenvalue weighted by atomic mass is 10.1. The monoisotopic (exact) mass is 504 g/mol. The number of likely N-dealkylation sites (N-methyl/N-ethyl adjacent to an activating group) is 1. The predicted octanol–water partition coefficient (Wildman–Crippen LogP) is 3.38. The Morgan fingerprint density at radius 1 is 1.29 bits per heavy atom. The second-order valence-electron chi connectivity index (χ2n) is 7.09. The molecular formula is C21H37IN4O2. The molecule has 160 valence electrons. The van der Waals surface area contributed by atoms with Crippen molar-refractivity contribution in [3.63, 3.8) is 0 Å². The van der Waals surface area contributed by atoms with Crippen molar-refractivity contribution < 1.29 is 9.47 Å². The van der Waals surface area contributed by atoms with E-state index >= 15 is 0 Å². The first-order valence-corrected chi connectivity index (χ1v) is 10.0. The fourth-order valence-corrected chi connectivity index (χ4v) is 3.48. The highest BCUT2D eigenvalue weighted by Crippen LogP contribution is 2.23. The predicted molar refractivity (Wildman–Crippen MR) is 127 cm³/mol. The molecule has 1 atom stereocenters. The smallest absolute Gasteiger partial charge is 0.193 e. The first kappa shape index (κ1) is 25.0. The van der Waals surface area contributed by atoms with E-state index < -0.39 is 0 Å². The second-order valence-corrected chi connectivity index (χ2v) is 7.09. The molecule has 28 heavy (non-hydrogen) atoms. The minimum absolute atomic E-state index is 0. The Morgan fingerprint density at radius 2 is 2.00 bits per heavy atom. The number of benzene rings is 1. The molecule has 0 aliphatic carbocycles. The molecule has 1 aliphatic rings. The molecule has 1 heterocycles. The number of likely N-dealkylation sites (tertiary alicyclic amines) is 1. The van der Waals surface area contributed by atoms with Gasteiger partial charge in [0.1, 0.15) is 5.75 Å². The van der Waals surface area contributed by atoms with E-state index in [0.717, 1.165) is 50.8 Å². The summed E-state index contributed by atoms with van der Waals surface area (Å²) in [5.74, 6) is 1.88. The van der Waals surface area contributed by atoms with E-state index in [2.05, 4.69) is 55.2 Å². The lowest BCUT2D eigenvalue weighted by Crippen LogP contribution is -2.47. The van der Waals surface area contributed by atoms with Crippen LogP contribution in [0.1, 0.15) is 38.3 Å². The van der Waals surface area contributed by atoms with E-state index in [0.29, 0.717) is 12.6 Å². The molecule has 0 bridgehead atoms. The molecule has 1 saturated heterocycles. The van der Waals surface area contributed by atoms with Crippen LogP contribution >= 0.6 is 24.0 Å². The number of ether oxygens (including phenoxy) is 2. The molecule has 0 radical (unpaired) electrons. The van der Waals surface area contributed by atoms with Gasteiger partial charge in [-0.05, 0) is 58.5 Å². The van der Waals surface area contributed by atoms with Crippen molar-refractivity contribution >= 4 is 29.9 Å². The fourth-order valence-electron chi connectivity index (χ4n) is 3.48. The number of nitrogens with one attached hydrogen (secondary N) is 1. The number of nitrogens with zero attached hydrogens (tertiary/aromatic N) is 3. The highest BCUT2D eigenvalue weighted by atomic mass is 127. The van der Waals surface area contributed by atoms with Crippen LogP contribution in [0.15, 0.2) is 29.3 Å². The largest absolute Gasteiger partial charge is 0.497 e. The molecule has 2 rings (SSSR count). The summed E-state index contributed by atoms with van der Waals surface area (Å²) in [4.78, 5) is 9.54. The van der Waals surface area contributed by atoms with Crippen LogP contribution in [0.5, 0.6) is 5.75 Å². The molecule has 1 fully saturated rings. The van der Waals surface area contributed by atoms with Gasteiger partial charge in [-0.15, -0.1) is 24.0 Å². The zero-order valence-corrected chi connectivity index (χ0v) is 20.3. The van der Waals surface area contributed by atoms with Gasteiger partial charge in [0.15, 0.2) is 5.96 Å². The highest BCUT2D eigenvalue weighted by Gasteiger charge is 2.22. The van der Waals surface area contributed by atoms with E-state index in [9.17, 15) is 0 Å². The number of rotatable bonds is 8. The van der Waals surface area contributed by atoms with E-state index in [-0.39, 0.29) is 30.0 Å². The van der Waals surface area contributed by atoms with Crippen LogP contribution < -0.4 is 10.1 Å². The maximum atomic E-state index is 5.77. The summed E-state index contributed by atoms with van der Waals surface area (Å²) in [7, 11) is 5.90. The van der Waals surface area contributed by atoms with Crippen LogP contribution in [0.4, 0.5) is 0 Å². The van der Waals surface area contributed by atoms with E-state index in [1.54, 1.807) is 7.11 Å². The quantitative estimate of drug-likeness (QED) is 0.334. The Morgan fingerprint density at radius 3 is 2.57 bits per heavy atom. The molecule has 1 aromatic rings. The third kappa shape index (κ3) is 7.40. The van der Waals surface area contributed by atoms with Gasteiger partial charge in [0.25, 0.3) is 0 Å². The topological polar surface area (TPSA) is 49.3 Å². The molecule has 0 saturated carbocycles. The van der Waals surface area contributed by atoms with Crippen molar-refractivity contribution in [3.05, 3.63) is 29.8 Å². The maximum Gasteiger partial charge on any atom is 0.193 e. The number of piperidine rings is 1. The van der Waals surface area contributed by atoms with Crippen LogP contribution in [0.2, 0.25) is 0 Å². The number of methoxy groups -OCH3 is 1. The van der Waals surface area contributed by atoms with Crippen molar-refractivity contribution in [2.75, 3.05) is 54.0 Å². The third-order valence-electron chi connectivity index (χ3n) is 4.99. The van der Waals surface area contributed by atoms with Gasteiger partial charge in [-0.2, -0.15) is 0 Å². The molecule has 1 aliphatic heterocycles. The minimum atomic E-state index is 0. The Bertz CT molecular complexity index is 590. The third-order valence-corrected chi connectivity index (χ3v) is 4.99. The maximum absolute atomic E-state index is 5.77. The summed E-state index contributed by atoms with van der Waals surface area (Å²) in [5, 5.41) is 3.46. The van der Waals surface area contributed by atoms with Crippen LogP contribution in [0.25, 0.3) is 0 Å². The van der Waals surface area contributed by atoms with E-state index in [1.807, 2.05) is 12.1 Å². The van der Waals surface area contributed by atoms with Gasteiger partial charge in [-0.3, -0.25) is 4.99 Å². The number of guanidine groups is 1. The molecule has 0 aromatic heterocycles. The Kier molecular flexibility index (Phi) is 11.8. The number of hydrogen-bond acceptors (Lipinski definition) is 4. The highest BCUT2D eigenvalue weighted by molar-refractivity contribution is 14.0. The van der Waals surface area contributed by atoms with Gasteiger partial charge in [0, 0.05) is 26.2 Å². The molecule has 7 heteroatoms. The van der Waals surface area contributed by atoms with Gasteiger partial charge < -0.3 is 24.6 Å². The number of aliphatic imine (C=N–C) groups is 1. The summed E-state index contributed by atoms with van der Waals surface area (Å²) in [6.45, 7) is 8.53. The fraction of sp³-hybridized carbons (Fsp3) is 0.667. The first-order chi connectivity index (χ1) is 13.1. The van der Waals surface area contributed by atoms with Crippen LogP contribution in [-0.2, 0) is 4.74 Å². The van der Waals surface area contributed by atoms with Gasteiger partial charge in [-0.1, -0.05) is 12.1 Å². The average molecular weight is 504 g/mol. The first-order valence-electron chi connectivity index (χ1n) is 10.0. The minimum Gasteiger partial charge on any atom is -0.497 e. The van der Waals surface area contributed by atoms with Crippen LogP contribution in [0, 0.1) is 0 Å². The van der Waals surface area contributed by atoms with E-state index in [4.69, 9.17) is 14.5 Å². The molecule has 6 nitrogen and oxygen atoms in total. The Balaban J connectivity index is 0.00000392. The standard InChI is InChI=1S/C21H36N4O2.HI/c1-6-22-21(25-13-11-18(12-14-25)27-7-2)23-16-20(24(3)4)17-9-8-10-19(15-17)26-5;/h8-10,15,18,20H,6-7,11-14,16H2,1-5H3,(H,22,23);1H. The van der Waals surface area contributed by atoms with Crippen LogP contribution in [0.3, 0.4) is 0 Å². The van der Waals surface area contributed by atoms with E-state index in [1.165, 1.54) is 5.56 Å². The lowest BCUT2D eigenvalue weighted by molar-refractivity contribution is 0.0263. The lowest BCUT2D eigenvalue weighted by Gasteiger charge is -2.34. The normalized spacial score (nSPS) is 16.6. The summed E-state index contributed by atoms with van der Waals surface area (Å²) in [5.41, 5.74) is 1.22. The second kappa shape index (κ2) is 13.2. The van der Waals surface area contributed by atoms with Crippen molar-refractivity contribution in [3.8, 4) is 5.75 Å². The summed E-state index contributed by atoms with van der Waals surface area (Å²) >= 11 is 0. The molecule has 0 amide bonds. The molecule has 1 unspecified atom stereocenters. The van der Waals surface area contributed by atoms with Crippen molar-refractivity contribution in [1.82, 2.24) is 15.1 Å². The zero-order chi connectivity index (χ0) is 19.6. The number of hydrogen-bond donors (Lipinski definition) is 1. The summed E-state index contributed by atoms with van der Waals surface area (Å²) < 4.78 is 11.2. The SMILES string of the molecule is CCNC(=NCC(c1cccc(OC)c1)N(C)C)N1CCC(OCC)CC1.I. The van der Waals surface area contributed by atoms with Gasteiger partial charge in [0.2, 0.25) is 0 Å². The van der Waals surface area contributed by atoms with Crippen molar-refractivity contribution in [2.24, 2.45) is 4.99 Å². The summed E-state index contributed by atoms with van der Waals surface area (Å²) in [6.07, 6.45) is 2.51. The Labute approximate surface area is 187 Å². The number of halogens is 1. The van der Waals surface area contributed by atoms with Gasteiger partial charge >= 0.3 is 0 Å². The van der Waals surface area contributed by atoms with Crippen LogP contribution in [-0.4, -0.2) is 75.9 Å². The summed E-state index contributed by atoms with van der Waals surface area (Å²) in [6, 6.07) is 8.46. The molecular weight excluding hydrogens is 467 g/mol. The van der Waals surface area contributed by atoms with Gasteiger partial charge in [-0.25, -0.2) is 0 Å². The zero-order valence-electron chi connectivity index (χ0n) is 18.0. The van der Waals surface area contributed by atoms with Gasteiger partial charge in [0.05, 0.1) is 25.8 Å². The Hall–Kier alpha value is -1.06. The average Bonchev–Trinajstić information content (AvgIpc) is 2.68. The molecule has 1 N–H and O–H groups in total. The molecule has 0 spiro atoms. The molecule has 1 aromatic carbocycles. The van der Waals surface area contributed by atoms with Crippen molar-refractivity contribution in [2.45, 2.75) is 38.8 Å². The van der Waals surface area contributed by atoms with Crippen molar-refractivity contribution in [1.29, 1.82) is 0 Å².